The molecule has 1 aliphatic heterocycles. The molecule has 1 heterocycles. The van der Waals surface area contributed by atoms with E-state index < -0.39 is 21.1 Å². The second kappa shape index (κ2) is 15.4. The molecule has 0 aliphatic carbocycles. The maximum Gasteiger partial charge on any atom is 0.349 e. The number of fused-ring (bicyclic) bond motifs is 1. The monoisotopic (exact) mass is 773 g/mol. The topological polar surface area (TPSA) is 107 Å². The number of amides is 2. The van der Waals surface area contributed by atoms with Crippen molar-refractivity contribution >= 4 is 27.5 Å². The van der Waals surface area contributed by atoms with Crippen molar-refractivity contribution in [3.63, 3.8) is 0 Å². The van der Waals surface area contributed by atoms with Gasteiger partial charge in [-0.05, 0) is 73.4 Å². The molecule has 2 amide bonds. The van der Waals surface area contributed by atoms with Gasteiger partial charge in [0, 0.05) is 41.3 Å². The molecule has 0 saturated heterocycles. The van der Waals surface area contributed by atoms with Gasteiger partial charge in [0.15, 0.2) is 5.54 Å². The Morgan fingerprint density at radius 2 is 1.37 bits per heavy atom. The molecule has 0 fully saturated rings. The van der Waals surface area contributed by atoms with Crippen molar-refractivity contribution in [3.8, 4) is 17.2 Å². The fourth-order valence-electron chi connectivity index (χ4n) is 7.99. The average molecular weight is 774 g/mol. The van der Waals surface area contributed by atoms with E-state index in [9.17, 15) is 13.7 Å². The van der Waals surface area contributed by atoms with Crippen molar-refractivity contribution in [2.75, 3.05) is 7.05 Å². The van der Waals surface area contributed by atoms with Gasteiger partial charge in [0.25, 0.3) is 5.91 Å². The minimum Gasteiger partial charge on any atom is -0.312 e. The molecule has 1 aliphatic rings. The number of rotatable bonds is 11. The van der Waals surface area contributed by atoms with Crippen LogP contribution in [0.3, 0.4) is 0 Å². The quantitative estimate of drug-likeness (QED) is 0.133. The Morgan fingerprint density at radius 3 is 2.02 bits per heavy atom. The second-order valence-corrected chi connectivity index (χ2v) is 17.5. The van der Waals surface area contributed by atoms with E-state index in [4.69, 9.17) is 0 Å². The van der Waals surface area contributed by atoms with Gasteiger partial charge >= 0.3 is 5.91 Å². The number of sulfonamides is 1. The summed E-state index contributed by atoms with van der Waals surface area (Å²) < 4.78 is 29.9. The molecule has 7 rings (SSSR count). The highest BCUT2D eigenvalue weighted by Crippen LogP contribution is 2.44. The third-order valence-corrected chi connectivity index (χ3v) is 12.4. The molecule has 2 atom stereocenters. The molecule has 0 radical (unpaired) electrons. The fraction of sp³-hybridized carbons (Fsp3) is 0.188. The number of hydrogen-bond donors (Lipinski definition) is 1. The van der Waals surface area contributed by atoms with E-state index in [1.54, 1.807) is 80.3 Å². The lowest BCUT2D eigenvalue weighted by Gasteiger charge is -2.45. The summed E-state index contributed by atoms with van der Waals surface area (Å²) in [6.07, 6.45) is 0.170. The van der Waals surface area contributed by atoms with Crippen LogP contribution >= 0.6 is 0 Å². The Kier molecular flexibility index (Phi) is 10.6. The summed E-state index contributed by atoms with van der Waals surface area (Å²) in [6, 6.07) is 50.5. The molecule has 2 unspecified atom stereocenters. The number of nitrogens with zero attached hydrogens (tertiary/aromatic N) is 3. The van der Waals surface area contributed by atoms with Gasteiger partial charge in [0.2, 0.25) is 10.0 Å². The zero-order valence-electron chi connectivity index (χ0n) is 32.5. The van der Waals surface area contributed by atoms with Crippen LogP contribution in [0.25, 0.3) is 11.1 Å². The maximum absolute atomic E-state index is 16.4. The SMILES string of the molecule is CC(C)(C)NS(=O)(=O)c1ccccc1-c1ccc2c(c1)CN(C(Cc1ccccc1)(C(=O)[N+](C)(Cc1ccccc1)c1cccc(C#N)c1)c1ccccc1)C2=O. The Labute approximate surface area is 335 Å². The molecular weight excluding hydrogens is 729 g/mol. The van der Waals surface area contributed by atoms with E-state index in [-0.39, 0.29) is 40.7 Å². The van der Waals surface area contributed by atoms with Crippen LogP contribution in [0.2, 0.25) is 0 Å². The number of carbonyl (C=O) groups excluding carboxylic acids is 2. The predicted molar refractivity (Wildman–Crippen MR) is 224 cm³/mol. The second-order valence-electron chi connectivity index (χ2n) is 15.8. The molecule has 6 aromatic carbocycles. The molecule has 1 N–H and O–H groups in total. The van der Waals surface area contributed by atoms with Crippen molar-refractivity contribution < 1.29 is 18.0 Å². The summed E-state index contributed by atoms with van der Waals surface area (Å²) in [5.41, 5.74) is 3.46. The Balaban J connectivity index is 1.43. The first-order chi connectivity index (χ1) is 27.2. The highest BCUT2D eigenvalue weighted by atomic mass is 32.2. The normalized spacial score (nSPS) is 14.9. The lowest BCUT2D eigenvalue weighted by molar-refractivity contribution is -0.142. The van der Waals surface area contributed by atoms with Crippen LogP contribution in [0.5, 0.6) is 0 Å². The van der Waals surface area contributed by atoms with Gasteiger partial charge in [-0.15, -0.1) is 0 Å². The summed E-state index contributed by atoms with van der Waals surface area (Å²) in [7, 11) is -2.04. The Hall–Kier alpha value is -6.18. The van der Waals surface area contributed by atoms with Crippen LogP contribution in [0.4, 0.5) is 5.69 Å². The average Bonchev–Trinajstić information content (AvgIpc) is 3.55. The van der Waals surface area contributed by atoms with Gasteiger partial charge in [-0.25, -0.2) is 22.4 Å². The minimum atomic E-state index is -3.91. The van der Waals surface area contributed by atoms with Crippen molar-refractivity contribution in [3.05, 3.63) is 191 Å². The smallest absolute Gasteiger partial charge is 0.312 e. The first-order valence-electron chi connectivity index (χ1n) is 18.9. The van der Waals surface area contributed by atoms with Crippen LogP contribution in [-0.4, -0.2) is 37.7 Å². The van der Waals surface area contributed by atoms with Crippen LogP contribution in [0.15, 0.2) is 163 Å². The van der Waals surface area contributed by atoms with Gasteiger partial charge in [-0.1, -0.05) is 121 Å². The lowest BCUT2D eigenvalue weighted by Crippen LogP contribution is -2.65. The standard InChI is InChI=1S/C48H45N4O4S/c1-47(2,3)50-57(55,56)44-26-15-14-25-42(44)38-27-28-43-39(30-38)33-51(45(43)53)48(40-22-12-7-13-23-40,31-35-17-8-5-9-18-35)46(54)52(4,34-36-19-10-6-11-20-36)41-24-16-21-37(29-41)32-49/h5-30,50H,31,33-34H2,1-4H3/q+1. The van der Waals surface area contributed by atoms with Crippen LogP contribution < -0.4 is 9.21 Å². The van der Waals surface area contributed by atoms with Crippen LogP contribution in [0.1, 0.15) is 58.9 Å². The third kappa shape index (κ3) is 7.68. The van der Waals surface area contributed by atoms with E-state index in [0.29, 0.717) is 39.1 Å². The third-order valence-electron chi connectivity index (χ3n) is 10.5. The van der Waals surface area contributed by atoms with Gasteiger partial charge in [-0.2, -0.15) is 5.26 Å². The van der Waals surface area contributed by atoms with Crippen molar-refractivity contribution in [1.29, 1.82) is 5.26 Å². The first-order valence-corrected chi connectivity index (χ1v) is 20.4. The summed E-state index contributed by atoms with van der Waals surface area (Å²) in [6.45, 7) is 5.73. The molecule has 6 aromatic rings. The first kappa shape index (κ1) is 39.1. The summed E-state index contributed by atoms with van der Waals surface area (Å²) >= 11 is 0. The van der Waals surface area contributed by atoms with E-state index in [0.717, 1.165) is 11.1 Å². The van der Waals surface area contributed by atoms with Crippen LogP contribution in [0, 0.1) is 11.3 Å². The summed E-state index contributed by atoms with van der Waals surface area (Å²) in [4.78, 5) is 33.3. The largest absolute Gasteiger partial charge is 0.349 e. The number of quaternary nitrogens is 1. The summed E-state index contributed by atoms with van der Waals surface area (Å²) in [5, 5.41) is 9.98. The summed E-state index contributed by atoms with van der Waals surface area (Å²) in [5.74, 6) is -0.556. The van der Waals surface area contributed by atoms with Gasteiger partial charge < -0.3 is 4.90 Å². The number of carbonyl (C=O) groups is 2. The number of likely N-dealkylation sites (N-methyl/N-ethyl adjacent to an activating group) is 1. The van der Waals surface area contributed by atoms with E-state index in [1.165, 1.54) is 0 Å². The molecule has 0 bridgehead atoms. The molecule has 57 heavy (non-hydrogen) atoms. The molecule has 0 aromatic heterocycles. The van der Waals surface area contributed by atoms with E-state index >= 15 is 9.59 Å². The number of nitriles is 1. The fourth-order valence-corrected chi connectivity index (χ4v) is 9.64. The minimum absolute atomic E-state index is 0.0915. The zero-order chi connectivity index (χ0) is 40.4. The molecule has 9 heteroatoms. The van der Waals surface area contributed by atoms with Gasteiger partial charge in [0.1, 0.15) is 12.2 Å². The zero-order valence-corrected chi connectivity index (χ0v) is 33.3. The van der Waals surface area contributed by atoms with Gasteiger partial charge in [-0.3, -0.25) is 4.79 Å². The van der Waals surface area contributed by atoms with Crippen molar-refractivity contribution in [2.24, 2.45) is 0 Å². The molecule has 0 spiro atoms. The molecule has 286 valence electrons. The van der Waals surface area contributed by atoms with E-state index in [1.807, 2.05) is 110 Å². The number of benzene rings is 6. The van der Waals surface area contributed by atoms with Gasteiger partial charge in [0.05, 0.1) is 23.6 Å². The molecule has 8 nitrogen and oxygen atoms in total. The Bertz CT molecular complexity index is 2600. The number of nitrogens with one attached hydrogen (secondary N) is 1. The maximum atomic E-state index is 16.4. The Morgan fingerprint density at radius 1 is 0.754 bits per heavy atom. The molecule has 0 saturated carbocycles. The van der Waals surface area contributed by atoms with Crippen LogP contribution in [-0.2, 0) is 39.9 Å². The lowest BCUT2D eigenvalue weighted by atomic mass is 9.79. The number of hydrogen-bond acceptors (Lipinski definition) is 5. The highest BCUT2D eigenvalue weighted by molar-refractivity contribution is 7.89. The van der Waals surface area contributed by atoms with Crippen molar-refractivity contribution in [1.82, 2.24) is 14.1 Å². The van der Waals surface area contributed by atoms with Crippen molar-refractivity contribution in [2.45, 2.75) is 56.3 Å². The highest BCUT2D eigenvalue weighted by Gasteiger charge is 2.58. The predicted octanol–water partition coefficient (Wildman–Crippen LogP) is 8.76. The van der Waals surface area contributed by atoms with E-state index in [2.05, 4.69) is 10.8 Å². The molecular formula is C48H45N4O4S+.